The van der Waals surface area contributed by atoms with Gasteiger partial charge in [0, 0.05) is 19.2 Å². The highest BCUT2D eigenvalue weighted by Crippen LogP contribution is 2.22. The van der Waals surface area contributed by atoms with Crippen molar-refractivity contribution in [3.63, 3.8) is 0 Å². The van der Waals surface area contributed by atoms with E-state index in [1.165, 1.54) is 5.56 Å². The molecular weight excluding hydrogens is 260 g/mol. The van der Waals surface area contributed by atoms with Gasteiger partial charge in [0.25, 0.3) is 0 Å². The Kier molecular flexibility index (Phi) is 4.61. The van der Waals surface area contributed by atoms with Gasteiger partial charge < -0.3 is 4.57 Å². The molecule has 0 aliphatic carbocycles. The Hall–Kier alpha value is -1.90. The maximum absolute atomic E-state index is 12.2. The van der Waals surface area contributed by atoms with Crippen molar-refractivity contribution in [3.05, 3.63) is 53.6 Å². The van der Waals surface area contributed by atoms with Crippen LogP contribution in [0.3, 0.4) is 0 Å². The maximum atomic E-state index is 12.2. The number of imidazole rings is 1. The summed E-state index contributed by atoms with van der Waals surface area (Å²) in [6.45, 7) is 9.16. The Labute approximate surface area is 127 Å². The average Bonchev–Trinajstić information content (AvgIpc) is 2.78. The molecule has 0 N–H and O–H groups in total. The first-order valence-electron chi connectivity index (χ1n) is 7.46. The van der Waals surface area contributed by atoms with Gasteiger partial charge in [0.05, 0.1) is 0 Å². The minimum atomic E-state index is 0.139. The highest BCUT2D eigenvalue weighted by Gasteiger charge is 2.16. The van der Waals surface area contributed by atoms with E-state index < -0.39 is 0 Å². The van der Waals surface area contributed by atoms with Crippen LogP contribution in [-0.2, 0) is 6.54 Å². The summed E-state index contributed by atoms with van der Waals surface area (Å²) in [5, 5.41) is 0. The first-order valence-corrected chi connectivity index (χ1v) is 7.46. The van der Waals surface area contributed by atoms with Crippen LogP contribution in [0.2, 0.25) is 0 Å². The molecule has 2 rings (SSSR count). The summed E-state index contributed by atoms with van der Waals surface area (Å²) in [6.07, 6.45) is 3.33. The number of carbonyl (C=O) groups is 1. The molecule has 0 radical (unpaired) electrons. The van der Waals surface area contributed by atoms with Crippen LogP contribution in [0, 0.1) is 12.3 Å². The Balaban J connectivity index is 2.07. The summed E-state index contributed by atoms with van der Waals surface area (Å²) in [5.41, 5.74) is 1.98. The van der Waals surface area contributed by atoms with Crippen LogP contribution in [0.15, 0.2) is 36.5 Å². The van der Waals surface area contributed by atoms with Gasteiger partial charge in [0.2, 0.25) is 0 Å². The van der Waals surface area contributed by atoms with E-state index in [9.17, 15) is 4.79 Å². The molecule has 0 fully saturated rings. The van der Waals surface area contributed by atoms with Crippen molar-refractivity contribution in [2.75, 3.05) is 0 Å². The van der Waals surface area contributed by atoms with Crippen LogP contribution in [-0.4, -0.2) is 15.3 Å². The lowest BCUT2D eigenvalue weighted by atomic mass is 9.89. The van der Waals surface area contributed by atoms with Crippen LogP contribution in [0.1, 0.15) is 55.5 Å². The number of benzene rings is 1. The number of carbonyl (C=O) groups excluding carboxylic acids is 1. The summed E-state index contributed by atoms with van der Waals surface area (Å²) < 4.78 is 2.04. The van der Waals surface area contributed by atoms with Gasteiger partial charge in [-0.15, -0.1) is 0 Å². The second-order valence-corrected chi connectivity index (χ2v) is 6.77. The summed E-state index contributed by atoms with van der Waals surface area (Å²) in [5.74, 6) is 1.03. The zero-order valence-corrected chi connectivity index (χ0v) is 13.4. The molecule has 0 atom stereocenters. The molecule has 0 spiro atoms. The Morgan fingerprint density at radius 3 is 2.48 bits per heavy atom. The monoisotopic (exact) mass is 284 g/mol. The van der Waals surface area contributed by atoms with Gasteiger partial charge in [-0.1, -0.05) is 51.1 Å². The van der Waals surface area contributed by atoms with Gasteiger partial charge in [-0.2, -0.15) is 0 Å². The Morgan fingerprint density at radius 1 is 1.19 bits per heavy atom. The number of aryl methyl sites for hydroxylation is 1. The molecule has 0 aliphatic rings. The largest absolute Gasteiger partial charge is 0.330 e. The molecule has 1 aromatic heterocycles. The van der Waals surface area contributed by atoms with Crippen molar-refractivity contribution >= 4 is 5.78 Å². The first-order chi connectivity index (χ1) is 9.85. The lowest BCUT2D eigenvalue weighted by Crippen LogP contribution is -2.09. The molecule has 2 aromatic rings. The molecule has 112 valence electrons. The molecule has 21 heavy (non-hydrogen) atoms. The van der Waals surface area contributed by atoms with Crippen LogP contribution >= 0.6 is 0 Å². The van der Waals surface area contributed by atoms with Gasteiger partial charge in [0.15, 0.2) is 5.78 Å². The van der Waals surface area contributed by atoms with Crippen LogP contribution in [0.25, 0.3) is 0 Å². The smallest absolute Gasteiger partial charge is 0.182 e. The molecule has 3 heteroatoms. The minimum Gasteiger partial charge on any atom is -0.330 e. The molecule has 0 saturated carbocycles. The van der Waals surface area contributed by atoms with Crippen molar-refractivity contribution in [1.82, 2.24) is 9.55 Å². The van der Waals surface area contributed by atoms with E-state index in [4.69, 9.17) is 0 Å². The zero-order valence-electron chi connectivity index (χ0n) is 13.4. The summed E-state index contributed by atoms with van der Waals surface area (Å²) in [6, 6.07) is 10.2. The van der Waals surface area contributed by atoms with Crippen molar-refractivity contribution < 1.29 is 4.79 Å². The van der Waals surface area contributed by atoms with E-state index in [-0.39, 0.29) is 11.2 Å². The molecule has 0 bridgehead atoms. The second-order valence-electron chi connectivity index (χ2n) is 6.77. The van der Waals surface area contributed by atoms with Gasteiger partial charge in [-0.25, -0.2) is 4.98 Å². The Morgan fingerprint density at radius 2 is 1.86 bits per heavy atom. The number of aromatic nitrogens is 2. The quantitative estimate of drug-likeness (QED) is 0.769. The normalized spacial score (nSPS) is 11.6. The fraction of sp³-hybridized carbons (Fsp3) is 0.444. The van der Waals surface area contributed by atoms with Crippen LogP contribution < -0.4 is 0 Å². The number of ketones is 1. The molecule has 3 nitrogen and oxygen atoms in total. The molecule has 0 aliphatic heterocycles. The van der Waals surface area contributed by atoms with Gasteiger partial charge in [-0.05, 0) is 24.3 Å². The SMILES string of the molecule is Cc1nc(C(=O)CCC(C)(C)C)cn1Cc1ccccc1. The topological polar surface area (TPSA) is 34.9 Å². The van der Waals surface area contributed by atoms with Crippen LogP contribution in [0.5, 0.6) is 0 Å². The molecule has 0 saturated heterocycles. The third-order valence-corrected chi connectivity index (χ3v) is 3.56. The summed E-state index contributed by atoms with van der Waals surface area (Å²) in [4.78, 5) is 16.7. The maximum Gasteiger partial charge on any atom is 0.182 e. The predicted molar refractivity (Wildman–Crippen MR) is 85.5 cm³/mol. The highest BCUT2D eigenvalue weighted by molar-refractivity contribution is 5.94. The molecule has 0 amide bonds. The summed E-state index contributed by atoms with van der Waals surface area (Å²) in [7, 11) is 0. The third kappa shape index (κ3) is 4.55. The van der Waals surface area contributed by atoms with Crippen LogP contribution in [0.4, 0.5) is 0 Å². The number of nitrogens with zero attached hydrogens (tertiary/aromatic N) is 2. The number of rotatable bonds is 5. The molecule has 1 aromatic carbocycles. The second kappa shape index (κ2) is 6.25. The van der Waals surface area contributed by atoms with Gasteiger partial charge in [-0.3, -0.25) is 4.79 Å². The van der Waals surface area contributed by atoms with Crippen molar-refractivity contribution in [1.29, 1.82) is 0 Å². The average molecular weight is 284 g/mol. The molecule has 1 heterocycles. The molecular formula is C18H24N2O. The van der Waals surface area contributed by atoms with E-state index in [1.54, 1.807) is 0 Å². The van der Waals surface area contributed by atoms with E-state index in [0.29, 0.717) is 12.1 Å². The predicted octanol–water partition coefficient (Wildman–Crippen LogP) is 4.25. The zero-order chi connectivity index (χ0) is 15.5. The lowest BCUT2D eigenvalue weighted by Gasteiger charge is -2.16. The number of hydrogen-bond acceptors (Lipinski definition) is 2. The van der Waals surface area contributed by atoms with E-state index in [1.807, 2.05) is 35.9 Å². The van der Waals surface area contributed by atoms with E-state index in [2.05, 4.69) is 37.9 Å². The van der Waals surface area contributed by atoms with E-state index >= 15 is 0 Å². The Bertz CT molecular complexity index is 606. The third-order valence-electron chi connectivity index (χ3n) is 3.56. The highest BCUT2D eigenvalue weighted by atomic mass is 16.1. The summed E-state index contributed by atoms with van der Waals surface area (Å²) >= 11 is 0. The van der Waals surface area contributed by atoms with Crippen molar-refractivity contribution in [3.8, 4) is 0 Å². The first kappa shape index (κ1) is 15.5. The van der Waals surface area contributed by atoms with Gasteiger partial charge in [0.1, 0.15) is 11.5 Å². The molecule has 0 unspecified atom stereocenters. The fourth-order valence-electron chi connectivity index (χ4n) is 2.20. The number of hydrogen-bond donors (Lipinski definition) is 0. The lowest BCUT2D eigenvalue weighted by molar-refractivity contribution is 0.0961. The van der Waals surface area contributed by atoms with Gasteiger partial charge >= 0.3 is 0 Å². The fourth-order valence-corrected chi connectivity index (χ4v) is 2.20. The van der Waals surface area contributed by atoms with Crippen molar-refractivity contribution in [2.24, 2.45) is 5.41 Å². The standard InChI is InChI=1S/C18H24N2O/c1-14-19-16(17(21)10-11-18(2,3)4)13-20(14)12-15-8-6-5-7-9-15/h5-9,13H,10-12H2,1-4H3. The van der Waals surface area contributed by atoms with E-state index in [0.717, 1.165) is 18.8 Å². The minimum absolute atomic E-state index is 0.139. The van der Waals surface area contributed by atoms with Crippen molar-refractivity contribution in [2.45, 2.75) is 47.1 Å². The number of Topliss-reactive ketones (excluding diaryl/α,β-unsaturated/α-hetero) is 1.